The van der Waals surface area contributed by atoms with Crippen LogP contribution in [-0.4, -0.2) is 33.1 Å². The van der Waals surface area contributed by atoms with E-state index in [1.165, 1.54) is 5.56 Å². The molecule has 0 aliphatic carbocycles. The Bertz CT molecular complexity index is 1400. The van der Waals surface area contributed by atoms with E-state index in [2.05, 4.69) is 38.1 Å². The predicted octanol–water partition coefficient (Wildman–Crippen LogP) is 4.81. The van der Waals surface area contributed by atoms with Gasteiger partial charge in [0.2, 0.25) is 0 Å². The molecule has 0 unspecified atom stereocenters. The van der Waals surface area contributed by atoms with Gasteiger partial charge < -0.3 is 14.8 Å². The SMILES string of the molecule is O=C(Nc1cccc2ccc(OCc3nnn[nH]3)cc12)c1ccc(OCCc2ccccc2)cc1. The molecular weight excluding hydrogens is 442 g/mol. The van der Waals surface area contributed by atoms with E-state index < -0.39 is 0 Å². The number of amides is 1. The molecule has 1 amide bonds. The zero-order valence-corrected chi connectivity index (χ0v) is 18.8. The fourth-order valence-corrected chi connectivity index (χ4v) is 3.67. The van der Waals surface area contributed by atoms with Crippen LogP contribution in [0.1, 0.15) is 21.7 Å². The number of ether oxygens (including phenoxy) is 2. The van der Waals surface area contributed by atoms with E-state index in [-0.39, 0.29) is 12.5 Å². The van der Waals surface area contributed by atoms with E-state index in [0.717, 1.165) is 22.9 Å². The van der Waals surface area contributed by atoms with Gasteiger partial charge in [0.05, 0.1) is 6.61 Å². The summed E-state index contributed by atoms with van der Waals surface area (Å²) in [5.74, 6) is 1.70. The van der Waals surface area contributed by atoms with Crippen LogP contribution >= 0.6 is 0 Å². The van der Waals surface area contributed by atoms with Crippen molar-refractivity contribution in [1.29, 1.82) is 0 Å². The Kier molecular flexibility index (Phi) is 6.61. The second-order valence-corrected chi connectivity index (χ2v) is 7.89. The van der Waals surface area contributed by atoms with Gasteiger partial charge in [0, 0.05) is 23.1 Å². The standard InChI is InChI=1S/C27H23N5O3/c33-27(21-10-12-22(13-11-21)34-16-15-19-5-2-1-3-6-19)28-25-8-4-7-20-9-14-23(17-24(20)25)35-18-26-29-31-32-30-26/h1-14,17H,15-16,18H2,(H,28,33)(H,29,30,31,32). The van der Waals surface area contributed by atoms with Gasteiger partial charge in [-0.1, -0.05) is 48.5 Å². The Balaban J connectivity index is 1.23. The number of anilines is 1. The highest BCUT2D eigenvalue weighted by Gasteiger charge is 2.10. The monoisotopic (exact) mass is 465 g/mol. The molecule has 0 radical (unpaired) electrons. The Morgan fingerprint density at radius 2 is 1.69 bits per heavy atom. The smallest absolute Gasteiger partial charge is 0.255 e. The zero-order chi connectivity index (χ0) is 23.9. The van der Waals surface area contributed by atoms with Crippen molar-refractivity contribution in [3.05, 3.63) is 108 Å². The number of nitrogens with zero attached hydrogens (tertiary/aromatic N) is 3. The van der Waals surface area contributed by atoms with Crippen LogP contribution in [0.4, 0.5) is 5.69 Å². The number of tetrazole rings is 1. The second-order valence-electron chi connectivity index (χ2n) is 7.89. The number of hydrogen-bond donors (Lipinski definition) is 2. The van der Waals surface area contributed by atoms with Crippen molar-refractivity contribution in [2.75, 3.05) is 11.9 Å². The number of fused-ring (bicyclic) bond motifs is 1. The van der Waals surface area contributed by atoms with Crippen molar-refractivity contribution in [2.45, 2.75) is 13.0 Å². The summed E-state index contributed by atoms with van der Waals surface area (Å²) >= 11 is 0. The highest BCUT2D eigenvalue weighted by atomic mass is 16.5. The molecule has 0 aliphatic rings. The van der Waals surface area contributed by atoms with E-state index in [1.54, 1.807) is 12.1 Å². The van der Waals surface area contributed by atoms with Crippen LogP contribution in [0.2, 0.25) is 0 Å². The van der Waals surface area contributed by atoms with Crippen LogP contribution in [0, 0.1) is 0 Å². The molecule has 0 saturated heterocycles. The lowest BCUT2D eigenvalue weighted by Crippen LogP contribution is -2.12. The van der Waals surface area contributed by atoms with Crippen LogP contribution in [-0.2, 0) is 13.0 Å². The van der Waals surface area contributed by atoms with Gasteiger partial charge in [-0.15, -0.1) is 5.10 Å². The van der Waals surface area contributed by atoms with E-state index in [9.17, 15) is 4.79 Å². The van der Waals surface area contributed by atoms with Crippen molar-refractivity contribution in [1.82, 2.24) is 20.6 Å². The number of hydrogen-bond acceptors (Lipinski definition) is 6. The van der Waals surface area contributed by atoms with E-state index >= 15 is 0 Å². The molecule has 4 aromatic carbocycles. The number of H-pyrrole nitrogens is 1. The first kappa shape index (κ1) is 22.1. The fourth-order valence-electron chi connectivity index (χ4n) is 3.67. The molecule has 0 fully saturated rings. The molecule has 5 aromatic rings. The summed E-state index contributed by atoms with van der Waals surface area (Å²) in [6, 6.07) is 28.8. The minimum atomic E-state index is -0.201. The molecule has 35 heavy (non-hydrogen) atoms. The normalized spacial score (nSPS) is 10.7. The van der Waals surface area contributed by atoms with Crippen molar-refractivity contribution < 1.29 is 14.3 Å². The van der Waals surface area contributed by atoms with Crippen molar-refractivity contribution in [3.8, 4) is 11.5 Å². The largest absolute Gasteiger partial charge is 0.493 e. The maximum absolute atomic E-state index is 12.9. The molecule has 0 spiro atoms. The quantitative estimate of drug-likeness (QED) is 0.324. The molecule has 8 nitrogen and oxygen atoms in total. The van der Waals surface area contributed by atoms with Gasteiger partial charge in [-0.2, -0.15) is 0 Å². The molecule has 5 rings (SSSR count). The van der Waals surface area contributed by atoms with Crippen LogP contribution in [0.3, 0.4) is 0 Å². The number of aromatic nitrogens is 4. The summed E-state index contributed by atoms with van der Waals surface area (Å²) in [6.45, 7) is 0.787. The molecule has 174 valence electrons. The number of carbonyl (C=O) groups excluding carboxylic acids is 1. The lowest BCUT2D eigenvalue weighted by atomic mass is 10.1. The Morgan fingerprint density at radius 1 is 0.857 bits per heavy atom. The maximum Gasteiger partial charge on any atom is 0.255 e. The van der Waals surface area contributed by atoms with Gasteiger partial charge in [0.25, 0.3) is 5.91 Å². The lowest BCUT2D eigenvalue weighted by Gasteiger charge is -2.11. The molecule has 0 aliphatic heterocycles. The Labute approximate surface area is 201 Å². The summed E-state index contributed by atoms with van der Waals surface area (Å²) in [6.07, 6.45) is 0.825. The van der Waals surface area contributed by atoms with Crippen LogP contribution in [0.15, 0.2) is 91.0 Å². The van der Waals surface area contributed by atoms with Gasteiger partial charge in [-0.25, -0.2) is 5.10 Å². The first-order chi connectivity index (χ1) is 17.2. The third kappa shape index (κ3) is 5.62. The summed E-state index contributed by atoms with van der Waals surface area (Å²) in [4.78, 5) is 12.9. The van der Waals surface area contributed by atoms with Gasteiger partial charge in [0.1, 0.15) is 18.1 Å². The predicted molar refractivity (Wildman–Crippen MR) is 132 cm³/mol. The molecule has 1 heterocycles. The number of benzene rings is 4. The number of nitrogens with one attached hydrogen (secondary N) is 2. The van der Waals surface area contributed by atoms with Gasteiger partial charge >= 0.3 is 0 Å². The highest BCUT2D eigenvalue weighted by molar-refractivity contribution is 6.09. The summed E-state index contributed by atoms with van der Waals surface area (Å²) < 4.78 is 11.6. The lowest BCUT2D eigenvalue weighted by molar-refractivity contribution is 0.102. The second kappa shape index (κ2) is 10.5. The summed E-state index contributed by atoms with van der Waals surface area (Å²) in [5.41, 5.74) is 2.47. The van der Waals surface area contributed by atoms with Crippen molar-refractivity contribution >= 4 is 22.4 Å². The summed E-state index contributed by atoms with van der Waals surface area (Å²) in [5, 5.41) is 18.4. The van der Waals surface area contributed by atoms with Gasteiger partial charge in [-0.3, -0.25) is 4.79 Å². The molecular formula is C27H23N5O3. The molecule has 0 bridgehead atoms. The maximum atomic E-state index is 12.9. The van der Waals surface area contributed by atoms with Gasteiger partial charge in [-0.05, 0) is 63.8 Å². The molecule has 0 saturated carbocycles. The minimum Gasteiger partial charge on any atom is -0.493 e. The first-order valence-corrected chi connectivity index (χ1v) is 11.2. The number of carbonyl (C=O) groups is 1. The van der Waals surface area contributed by atoms with Crippen molar-refractivity contribution in [3.63, 3.8) is 0 Å². The number of aromatic amines is 1. The number of rotatable bonds is 9. The minimum absolute atomic E-state index is 0.201. The topological polar surface area (TPSA) is 102 Å². The van der Waals surface area contributed by atoms with Crippen LogP contribution in [0.25, 0.3) is 10.8 Å². The van der Waals surface area contributed by atoms with Crippen molar-refractivity contribution in [2.24, 2.45) is 0 Å². The third-order valence-corrected chi connectivity index (χ3v) is 5.49. The van der Waals surface area contributed by atoms with E-state index in [1.807, 2.05) is 66.7 Å². The Hall–Kier alpha value is -4.72. The first-order valence-electron chi connectivity index (χ1n) is 11.2. The van der Waals surface area contributed by atoms with Crippen LogP contribution < -0.4 is 14.8 Å². The van der Waals surface area contributed by atoms with E-state index in [0.29, 0.717) is 29.4 Å². The van der Waals surface area contributed by atoms with Gasteiger partial charge in [0.15, 0.2) is 5.82 Å². The molecule has 0 atom stereocenters. The van der Waals surface area contributed by atoms with Crippen LogP contribution in [0.5, 0.6) is 11.5 Å². The third-order valence-electron chi connectivity index (χ3n) is 5.49. The average molecular weight is 466 g/mol. The molecule has 1 aromatic heterocycles. The Morgan fingerprint density at radius 3 is 2.49 bits per heavy atom. The fraction of sp³-hybridized carbons (Fsp3) is 0.111. The summed E-state index contributed by atoms with van der Waals surface area (Å²) in [7, 11) is 0. The zero-order valence-electron chi connectivity index (χ0n) is 18.8. The average Bonchev–Trinajstić information content (AvgIpc) is 3.42. The molecule has 2 N–H and O–H groups in total. The molecule has 8 heteroatoms. The van der Waals surface area contributed by atoms with E-state index in [4.69, 9.17) is 9.47 Å². The highest BCUT2D eigenvalue weighted by Crippen LogP contribution is 2.28.